The minimum Gasteiger partial charge on any atom is -0.374 e. The van der Waals surface area contributed by atoms with Crippen molar-refractivity contribution < 1.29 is 0 Å². The molecule has 0 aliphatic rings. The van der Waals surface area contributed by atoms with Gasteiger partial charge in [0.25, 0.3) is 0 Å². The van der Waals surface area contributed by atoms with Gasteiger partial charge < -0.3 is 10.2 Å². The first-order valence-electron chi connectivity index (χ1n) is 7.49. The molecule has 0 fully saturated rings. The summed E-state index contributed by atoms with van der Waals surface area (Å²) in [7, 11) is 2.20. The second-order valence-corrected chi connectivity index (χ2v) is 6.03. The molecule has 2 heteroatoms. The maximum Gasteiger partial charge on any atom is 0.0363 e. The van der Waals surface area contributed by atoms with Crippen LogP contribution in [0.3, 0.4) is 0 Å². The van der Waals surface area contributed by atoms with Crippen LogP contribution in [0.15, 0.2) is 24.3 Å². The van der Waals surface area contributed by atoms with E-state index in [1.54, 1.807) is 0 Å². The molecule has 19 heavy (non-hydrogen) atoms. The molecule has 1 unspecified atom stereocenters. The van der Waals surface area contributed by atoms with E-state index < -0.39 is 0 Å². The van der Waals surface area contributed by atoms with Crippen LogP contribution in [0, 0.1) is 12.3 Å². The van der Waals surface area contributed by atoms with Gasteiger partial charge in [-0.3, -0.25) is 0 Å². The molecule has 1 N–H and O–H groups in total. The van der Waals surface area contributed by atoms with Gasteiger partial charge in [0.1, 0.15) is 0 Å². The Labute approximate surface area is 119 Å². The summed E-state index contributed by atoms with van der Waals surface area (Å²) in [6, 6.07) is 8.81. The molecule has 0 aliphatic carbocycles. The Morgan fingerprint density at radius 1 is 1.16 bits per heavy atom. The van der Waals surface area contributed by atoms with Crippen LogP contribution in [0.25, 0.3) is 0 Å². The van der Waals surface area contributed by atoms with Crippen molar-refractivity contribution in [2.75, 3.05) is 31.6 Å². The lowest BCUT2D eigenvalue weighted by Crippen LogP contribution is -2.41. The molecule has 0 radical (unpaired) electrons. The summed E-state index contributed by atoms with van der Waals surface area (Å²) < 4.78 is 0. The number of anilines is 1. The molecule has 0 aliphatic heterocycles. The van der Waals surface area contributed by atoms with Crippen molar-refractivity contribution in [3.05, 3.63) is 29.8 Å². The van der Waals surface area contributed by atoms with Crippen molar-refractivity contribution >= 4 is 5.69 Å². The summed E-state index contributed by atoms with van der Waals surface area (Å²) in [4.78, 5) is 2.38. The largest absolute Gasteiger partial charge is 0.374 e. The first-order valence-corrected chi connectivity index (χ1v) is 7.49. The minimum atomic E-state index is 0.338. The van der Waals surface area contributed by atoms with E-state index in [4.69, 9.17) is 0 Å². The molecule has 1 aromatic carbocycles. The van der Waals surface area contributed by atoms with E-state index in [2.05, 4.69) is 69.2 Å². The third kappa shape index (κ3) is 5.23. The Hall–Kier alpha value is -1.02. The van der Waals surface area contributed by atoms with Gasteiger partial charge in [0, 0.05) is 25.8 Å². The van der Waals surface area contributed by atoms with E-state index in [1.807, 2.05) is 0 Å². The Morgan fingerprint density at radius 2 is 1.79 bits per heavy atom. The zero-order chi connectivity index (χ0) is 14.3. The highest BCUT2D eigenvalue weighted by Crippen LogP contribution is 2.26. The minimum absolute atomic E-state index is 0.338. The Morgan fingerprint density at radius 3 is 2.32 bits per heavy atom. The topological polar surface area (TPSA) is 15.3 Å². The zero-order valence-electron chi connectivity index (χ0n) is 13.3. The monoisotopic (exact) mass is 262 g/mol. The van der Waals surface area contributed by atoms with Crippen molar-refractivity contribution in [1.82, 2.24) is 5.32 Å². The normalized spacial score (nSPS) is 14.2. The first-order chi connectivity index (χ1) is 9.00. The van der Waals surface area contributed by atoms with E-state index in [1.165, 1.54) is 24.1 Å². The average molecular weight is 262 g/mol. The van der Waals surface area contributed by atoms with Crippen molar-refractivity contribution in [3.63, 3.8) is 0 Å². The van der Waals surface area contributed by atoms with Crippen molar-refractivity contribution in [1.29, 1.82) is 0 Å². The third-order valence-electron chi connectivity index (χ3n) is 3.75. The summed E-state index contributed by atoms with van der Waals surface area (Å²) in [5, 5.41) is 3.51. The highest BCUT2D eigenvalue weighted by molar-refractivity contribution is 5.46. The summed E-state index contributed by atoms with van der Waals surface area (Å²) in [5.41, 5.74) is 2.97. The maximum atomic E-state index is 3.51. The predicted molar refractivity (Wildman–Crippen MR) is 86.0 cm³/mol. The lowest BCUT2D eigenvalue weighted by molar-refractivity contribution is 0.286. The maximum absolute atomic E-state index is 3.51. The second kappa shape index (κ2) is 7.54. The third-order valence-corrected chi connectivity index (χ3v) is 3.75. The molecule has 0 heterocycles. The van der Waals surface area contributed by atoms with E-state index in [-0.39, 0.29) is 0 Å². The summed E-state index contributed by atoms with van der Waals surface area (Å²) in [6.07, 6.45) is 2.50. The van der Waals surface area contributed by atoms with E-state index >= 15 is 0 Å². The smallest absolute Gasteiger partial charge is 0.0363 e. The van der Waals surface area contributed by atoms with Gasteiger partial charge in [0.05, 0.1) is 0 Å². The average Bonchev–Trinajstić information content (AvgIpc) is 2.37. The second-order valence-electron chi connectivity index (χ2n) is 6.03. The van der Waals surface area contributed by atoms with Crippen molar-refractivity contribution in [2.45, 2.75) is 40.5 Å². The van der Waals surface area contributed by atoms with Gasteiger partial charge in [-0.25, -0.2) is 0 Å². The molecule has 0 saturated heterocycles. The van der Waals surface area contributed by atoms with Gasteiger partial charge in [0.2, 0.25) is 0 Å². The van der Waals surface area contributed by atoms with Crippen LogP contribution in [-0.4, -0.2) is 26.7 Å². The van der Waals surface area contributed by atoms with Crippen LogP contribution >= 0.6 is 0 Å². The fourth-order valence-corrected chi connectivity index (χ4v) is 2.72. The first kappa shape index (κ1) is 16.0. The Balaban J connectivity index is 2.69. The molecule has 1 aromatic rings. The molecule has 1 rings (SSSR count). The molecule has 2 nitrogen and oxygen atoms in total. The van der Waals surface area contributed by atoms with Crippen LogP contribution in [0.5, 0.6) is 0 Å². The SMILES string of the molecule is CCCC(C)(CNCC)CN(C)c1ccc(C)cc1. The number of nitrogens with one attached hydrogen (secondary N) is 1. The van der Waals surface area contributed by atoms with Crippen molar-refractivity contribution in [3.8, 4) is 0 Å². The number of nitrogens with zero attached hydrogens (tertiary/aromatic N) is 1. The van der Waals surface area contributed by atoms with Gasteiger partial charge >= 0.3 is 0 Å². The lowest BCUT2D eigenvalue weighted by atomic mass is 9.84. The molecule has 108 valence electrons. The zero-order valence-corrected chi connectivity index (χ0v) is 13.3. The van der Waals surface area contributed by atoms with Crippen LogP contribution < -0.4 is 10.2 Å². The van der Waals surface area contributed by atoms with Gasteiger partial charge in [-0.15, -0.1) is 0 Å². The molecule has 0 amide bonds. The molecular formula is C17H30N2. The number of hydrogen-bond acceptors (Lipinski definition) is 2. The number of rotatable bonds is 8. The van der Waals surface area contributed by atoms with E-state index in [0.29, 0.717) is 5.41 Å². The highest BCUT2D eigenvalue weighted by atomic mass is 15.1. The van der Waals surface area contributed by atoms with E-state index in [9.17, 15) is 0 Å². The van der Waals surface area contributed by atoms with E-state index in [0.717, 1.165) is 19.6 Å². The van der Waals surface area contributed by atoms with Gasteiger partial charge in [-0.1, -0.05) is 44.9 Å². The van der Waals surface area contributed by atoms with Gasteiger partial charge in [0.15, 0.2) is 0 Å². The molecule has 0 bridgehead atoms. The fourth-order valence-electron chi connectivity index (χ4n) is 2.72. The van der Waals surface area contributed by atoms with Crippen LogP contribution in [0.4, 0.5) is 5.69 Å². The van der Waals surface area contributed by atoms with Crippen molar-refractivity contribution in [2.24, 2.45) is 5.41 Å². The standard InChI is InChI=1S/C17H30N2/c1-6-12-17(4,13-18-7-2)14-19(5)16-10-8-15(3)9-11-16/h8-11,18H,6-7,12-14H2,1-5H3. The number of aryl methyl sites for hydroxylation is 1. The molecule has 0 saturated carbocycles. The van der Waals surface area contributed by atoms with Gasteiger partial charge in [-0.05, 0) is 37.4 Å². The molecule has 0 spiro atoms. The highest BCUT2D eigenvalue weighted by Gasteiger charge is 2.24. The van der Waals surface area contributed by atoms with Gasteiger partial charge in [-0.2, -0.15) is 0 Å². The Kier molecular flexibility index (Phi) is 6.36. The lowest BCUT2D eigenvalue weighted by Gasteiger charge is -2.35. The fraction of sp³-hybridized carbons (Fsp3) is 0.647. The number of hydrogen-bond donors (Lipinski definition) is 1. The van der Waals surface area contributed by atoms with Crippen LogP contribution in [0.2, 0.25) is 0 Å². The predicted octanol–water partition coefficient (Wildman–Crippen LogP) is 3.85. The Bertz CT molecular complexity index is 358. The summed E-state index contributed by atoms with van der Waals surface area (Å²) >= 11 is 0. The summed E-state index contributed by atoms with van der Waals surface area (Å²) in [6.45, 7) is 12.2. The quantitative estimate of drug-likeness (QED) is 0.765. The van der Waals surface area contributed by atoms with Crippen LogP contribution in [0.1, 0.15) is 39.2 Å². The number of benzene rings is 1. The molecular weight excluding hydrogens is 232 g/mol. The summed E-state index contributed by atoms with van der Waals surface area (Å²) in [5.74, 6) is 0. The van der Waals surface area contributed by atoms with Crippen LogP contribution in [-0.2, 0) is 0 Å². The molecule has 0 aromatic heterocycles. The molecule has 1 atom stereocenters.